The van der Waals surface area contributed by atoms with E-state index in [0.717, 1.165) is 15.9 Å². The third-order valence-electron chi connectivity index (χ3n) is 2.55. The van der Waals surface area contributed by atoms with Crippen LogP contribution in [0, 0.1) is 0 Å². The minimum absolute atomic E-state index is 0.163. The molecule has 0 radical (unpaired) electrons. The Bertz CT molecular complexity index is 544. The molecule has 5 heteroatoms. The SMILES string of the molecule is CCOc1cc(CNc2ccc(Br)nc2)ccc1O. The summed E-state index contributed by atoms with van der Waals surface area (Å²) in [7, 11) is 0. The molecule has 0 saturated heterocycles. The lowest BCUT2D eigenvalue weighted by atomic mass is 10.2. The molecule has 0 atom stereocenters. The molecule has 0 saturated carbocycles. The molecule has 0 fully saturated rings. The van der Waals surface area contributed by atoms with Crippen molar-refractivity contribution in [3.05, 3.63) is 46.7 Å². The van der Waals surface area contributed by atoms with Crippen molar-refractivity contribution < 1.29 is 9.84 Å². The van der Waals surface area contributed by atoms with Gasteiger partial charge in [0.2, 0.25) is 0 Å². The van der Waals surface area contributed by atoms with Gasteiger partial charge in [0.25, 0.3) is 0 Å². The molecule has 100 valence electrons. The monoisotopic (exact) mass is 322 g/mol. The number of phenols is 1. The molecule has 0 aliphatic carbocycles. The summed E-state index contributed by atoms with van der Waals surface area (Å²) in [5.41, 5.74) is 1.97. The Balaban J connectivity index is 2.03. The van der Waals surface area contributed by atoms with E-state index in [9.17, 15) is 5.11 Å². The normalized spacial score (nSPS) is 10.2. The highest BCUT2D eigenvalue weighted by atomic mass is 79.9. The number of hydrogen-bond acceptors (Lipinski definition) is 4. The Morgan fingerprint density at radius 1 is 1.32 bits per heavy atom. The lowest BCUT2D eigenvalue weighted by molar-refractivity contribution is 0.318. The third kappa shape index (κ3) is 3.86. The second kappa shape index (κ2) is 6.43. The fraction of sp³-hybridized carbons (Fsp3) is 0.214. The molecule has 4 nitrogen and oxygen atoms in total. The summed E-state index contributed by atoms with van der Waals surface area (Å²) < 4.78 is 6.16. The first-order chi connectivity index (χ1) is 9.19. The molecule has 1 aromatic carbocycles. The lowest BCUT2D eigenvalue weighted by Gasteiger charge is -2.10. The van der Waals surface area contributed by atoms with Crippen LogP contribution in [-0.2, 0) is 6.54 Å². The number of ether oxygens (including phenoxy) is 1. The van der Waals surface area contributed by atoms with Gasteiger partial charge in [0.1, 0.15) is 4.60 Å². The zero-order chi connectivity index (χ0) is 13.7. The van der Waals surface area contributed by atoms with E-state index >= 15 is 0 Å². The Hall–Kier alpha value is -1.75. The summed E-state index contributed by atoms with van der Waals surface area (Å²) in [6.07, 6.45) is 1.76. The first-order valence-corrected chi connectivity index (χ1v) is 6.78. The fourth-order valence-electron chi connectivity index (χ4n) is 1.62. The van der Waals surface area contributed by atoms with E-state index < -0.39 is 0 Å². The van der Waals surface area contributed by atoms with Gasteiger partial charge >= 0.3 is 0 Å². The number of aromatic hydroxyl groups is 1. The first kappa shape index (κ1) is 13.7. The van der Waals surface area contributed by atoms with Crippen molar-refractivity contribution in [2.45, 2.75) is 13.5 Å². The van der Waals surface area contributed by atoms with E-state index in [1.54, 1.807) is 12.3 Å². The molecule has 1 heterocycles. The van der Waals surface area contributed by atoms with Crippen LogP contribution < -0.4 is 10.1 Å². The van der Waals surface area contributed by atoms with E-state index in [4.69, 9.17) is 4.74 Å². The minimum Gasteiger partial charge on any atom is -0.504 e. The zero-order valence-corrected chi connectivity index (χ0v) is 12.1. The maximum atomic E-state index is 9.62. The van der Waals surface area contributed by atoms with Gasteiger partial charge in [-0.25, -0.2) is 4.98 Å². The number of rotatable bonds is 5. The summed E-state index contributed by atoms with van der Waals surface area (Å²) in [5, 5.41) is 12.9. The van der Waals surface area contributed by atoms with Gasteiger partial charge in [0.15, 0.2) is 11.5 Å². The maximum absolute atomic E-state index is 9.62. The molecule has 2 rings (SSSR count). The van der Waals surface area contributed by atoms with Crippen molar-refractivity contribution in [2.75, 3.05) is 11.9 Å². The van der Waals surface area contributed by atoms with Gasteiger partial charge in [-0.15, -0.1) is 0 Å². The van der Waals surface area contributed by atoms with E-state index in [-0.39, 0.29) is 5.75 Å². The highest BCUT2D eigenvalue weighted by molar-refractivity contribution is 9.10. The van der Waals surface area contributed by atoms with Crippen LogP contribution in [0.4, 0.5) is 5.69 Å². The molecule has 0 amide bonds. The summed E-state index contributed by atoms with van der Waals surface area (Å²) >= 11 is 3.29. The molecule has 0 aliphatic heterocycles. The number of benzene rings is 1. The molecule has 0 aliphatic rings. The topological polar surface area (TPSA) is 54.4 Å². The number of hydrogen-bond donors (Lipinski definition) is 2. The van der Waals surface area contributed by atoms with Crippen LogP contribution in [0.3, 0.4) is 0 Å². The number of nitrogens with zero attached hydrogens (tertiary/aromatic N) is 1. The molecule has 0 spiro atoms. The van der Waals surface area contributed by atoms with Crippen molar-refractivity contribution in [3.63, 3.8) is 0 Å². The van der Waals surface area contributed by atoms with Crippen LogP contribution in [0.15, 0.2) is 41.1 Å². The van der Waals surface area contributed by atoms with Crippen LogP contribution in [0.25, 0.3) is 0 Å². The molecular weight excluding hydrogens is 308 g/mol. The van der Waals surface area contributed by atoms with E-state index in [2.05, 4.69) is 26.2 Å². The number of aromatic nitrogens is 1. The lowest BCUT2D eigenvalue weighted by Crippen LogP contribution is -2.00. The van der Waals surface area contributed by atoms with Gasteiger partial charge in [-0.3, -0.25) is 0 Å². The summed E-state index contributed by atoms with van der Waals surface area (Å²) in [5.74, 6) is 0.673. The van der Waals surface area contributed by atoms with E-state index in [0.29, 0.717) is 18.9 Å². The number of pyridine rings is 1. The molecule has 1 aromatic heterocycles. The molecular formula is C14H15BrN2O2. The number of halogens is 1. The van der Waals surface area contributed by atoms with Crippen LogP contribution in [0.1, 0.15) is 12.5 Å². The predicted octanol–water partition coefficient (Wildman–Crippen LogP) is 3.56. The predicted molar refractivity (Wildman–Crippen MR) is 78.5 cm³/mol. The molecule has 19 heavy (non-hydrogen) atoms. The van der Waals surface area contributed by atoms with Gasteiger partial charge in [0.05, 0.1) is 18.5 Å². The zero-order valence-electron chi connectivity index (χ0n) is 10.6. The van der Waals surface area contributed by atoms with Crippen LogP contribution >= 0.6 is 15.9 Å². The third-order valence-corrected chi connectivity index (χ3v) is 3.02. The first-order valence-electron chi connectivity index (χ1n) is 5.99. The Morgan fingerprint density at radius 2 is 2.16 bits per heavy atom. The van der Waals surface area contributed by atoms with E-state index in [1.165, 1.54) is 0 Å². The average Bonchev–Trinajstić information content (AvgIpc) is 2.42. The summed E-state index contributed by atoms with van der Waals surface area (Å²) in [6.45, 7) is 3.06. The molecule has 0 bridgehead atoms. The fourth-order valence-corrected chi connectivity index (χ4v) is 1.86. The standard InChI is InChI=1S/C14H15BrN2O2/c1-2-19-13-7-10(3-5-12(13)18)8-16-11-4-6-14(15)17-9-11/h3-7,9,16,18H,2,8H2,1H3. The van der Waals surface area contributed by atoms with Crippen molar-refractivity contribution in [1.29, 1.82) is 0 Å². The second-order valence-electron chi connectivity index (χ2n) is 3.96. The maximum Gasteiger partial charge on any atom is 0.161 e. The van der Waals surface area contributed by atoms with Gasteiger partial charge in [-0.05, 0) is 52.7 Å². The van der Waals surface area contributed by atoms with Gasteiger partial charge in [-0.1, -0.05) is 6.07 Å². The van der Waals surface area contributed by atoms with Crippen molar-refractivity contribution >= 4 is 21.6 Å². The van der Waals surface area contributed by atoms with Gasteiger partial charge in [-0.2, -0.15) is 0 Å². The molecule has 2 aromatic rings. The number of anilines is 1. The highest BCUT2D eigenvalue weighted by Crippen LogP contribution is 2.27. The van der Waals surface area contributed by atoms with Crippen LogP contribution in [0.2, 0.25) is 0 Å². The van der Waals surface area contributed by atoms with Gasteiger partial charge < -0.3 is 15.2 Å². The quantitative estimate of drug-likeness (QED) is 0.826. The number of phenolic OH excluding ortho intramolecular Hbond substituents is 1. The van der Waals surface area contributed by atoms with Crippen LogP contribution in [0.5, 0.6) is 11.5 Å². The Morgan fingerprint density at radius 3 is 2.84 bits per heavy atom. The molecule has 0 unspecified atom stereocenters. The second-order valence-corrected chi connectivity index (χ2v) is 4.77. The van der Waals surface area contributed by atoms with Crippen LogP contribution in [-0.4, -0.2) is 16.7 Å². The van der Waals surface area contributed by atoms with E-state index in [1.807, 2.05) is 31.2 Å². The van der Waals surface area contributed by atoms with Crippen molar-refractivity contribution in [2.24, 2.45) is 0 Å². The Kier molecular flexibility index (Phi) is 4.63. The highest BCUT2D eigenvalue weighted by Gasteiger charge is 2.03. The van der Waals surface area contributed by atoms with Gasteiger partial charge in [0, 0.05) is 6.54 Å². The summed E-state index contributed by atoms with van der Waals surface area (Å²) in [6, 6.07) is 9.16. The molecule has 2 N–H and O–H groups in total. The van der Waals surface area contributed by atoms with Crippen molar-refractivity contribution in [1.82, 2.24) is 4.98 Å². The largest absolute Gasteiger partial charge is 0.504 e. The summed E-state index contributed by atoms with van der Waals surface area (Å²) in [4.78, 5) is 4.14. The number of nitrogens with one attached hydrogen (secondary N) is 1. The minimum atomic E-state index is 0.163. The Labute approximate surface area is 120 Å². The smallest absolute Gasteiger partial charge is 0.161 e. The van der Waals surface area contributed by atoms with Crippen molar-refractivity contribution in [3.8, 4) is 11.5 Å². The average molecular weight is 323 g/mol.